The van der Waals surface area contributed by atoms with Crippen LogP contribution in [-0.2, 0) is 16.6 Å². The van der Waals surface area contributed by atoms with Crippen molar-refractivity contribution in [3.05, 3.63) is 29.1 Å². The van der Waals surface area contributed by atoms with Gasteiger partial charge >= 0.3 is 0 Å². The fourth-order valence-electron chi connectivity index (χ4n) is 2.66. The van der Waals surface area contributed by atoms with Gasteiger partial charge in [-0.1, -0.05) is 26.8 Å². The van der Waals surface area contributed by atoms with E-state index >= 15 is 0 Å². The Kier molecular flexibility index (Phi) is 4.38. The molecule has 1 aromatic heterocycles. The first-order chi connectivity index (χ1) is 9.70. The smallest absolute Gasteiger partial charge is 0.236 e. The van der Waals surface area contributed by atoms with E-state index in [0.717, 1.165) is 13.0 Å². The maximum absolute atomic E-state index is 12.0. The molecule has 4 heteroatoms. The first kappa shape index (κ1) is 16.0. The van der Waals surface area contributed by atoms with Crippen LogP contribution in [0.5, 0.6) is 0 Å². The van der Waals surface area contributed by atoms with Crippen LogP contribution in [0, 0.1) is 0 Å². The third-order valence-electron chi connectivity index (χ3n) is 4.34. The molecule has 116 valence electrons. The van der Waals surface area contributed by atoms with Crippen LogP contribution >= 0.6 is 0 Å². The number of nitrogens with zero attached hydrogens (tertiary/aromatic N) is 3. The Morgan fingerprint density at radius 1 is 1.43 bits per heavy atom. The van der Waals surface area contributed by atoms with Gasteiger partial charge in [-0.25, -0.2) is 0 Å². The SMILES string of the molecule is CC1c2cc(C(C)(C)C)cnc2CCN1CC(=O)N(C)C. The fraction of sp³-hybridized carbons (Fsp3) is 0.647. The second-order valence-corrected chi connectivity index (χ2v) is 7.19. The van der Waals surface area contributed by atoms with Crippen molar-refractivity contribution in [3.8, 4) is 0 Å². The molecule has 2 rings (SSSR count). The zero-order valence-electron chi connectivity index (χ0n) is 14.1. The summed E-state index contributed by atoms with van der Waals surface area (Å²) in [7, 11) is 3.62. The summed E-state index contributed by atoms with van der Waals surface area (Å²) in [5.74, 6) is 0.158. The number of likely N-dealkylation sites (N-methyl/N-ethyl adjacent to an activating group) is 1. The molecule has 1 atom stereocenters. The van der Waals surface area contributed by atoms with E-state index in [2.05, 4.69) is 43.6 Å². The standard InChI is InChI=1S/C17H27N3O/c1-12-14-9-13(17(2,3)4)10-18-15(14)7-8-20(12)11-16(21)19(5)6/h9-10,12H,7-8,11H2,1-6H3. The Labute approximate surface area is 128 Å². The Morgan fingerprint density at radius 3 is 2.67 bits per heavy atom. The van der Waals surface area contributed by atoms with Crippen molar-refractivity contribution in [2.24, 2.45) is 0 Å². The average Bonchev–Trinajstić information content (AvgIpc) is 2.40. The van der Waals surface area contributed by atoms with Crippen LogP contribution < -0.4 is 0 Å². The van der Waals surface area contributed by atoms with Gasteiger partial charge in [0.2, 0.25) is 5.91 Å². The first-order valence-electron chi connectivity index (χ1n) is 7.63. The molecule has 2 heterocycles. The maximum atomic E-state index is 12.0. The van der Waals surface area contributed by atoms with Crippen LogP contribution in [0.1, 0.15) is 50.6 Å². The Morgan fingerprint density at radius 2 is 2.10 bits per heavy atom. The lowest BCUT2D eigenvalue weighted by molar-refractivity contribution is -0.130. The summed E-state index contributed by atoms with van der Waals surface area (Å²) in [6, 6.07) is 2.52. The molecule has 0 spiro atoms. The molecule has 1 aliphatic heterocycles. The number of hydrogen-bond acceptors (Lipinski definition) is 3. The molecular weight excluding hydrogens is 262 g/mol. The molecule has 0 N–H and O–H groups in total. The largest absolute Gasteiger partial charge is 0.348 e. The molecule has 0 aromatic carbocycles. The summed E-state index contributed by atoms with van der Waals surface area (Å²) in [5.41, 5.74) is 3.82. The molecule has 0 saturated carbocycles. The highest BCUT2D eigenvalue weighted by Gasteiger charge is 2.28. The van der Waals surface area contributed by atoms with Crippen LogP contribution in [-0.4, -0.2) is 47.9 Å². The Hall–Kier alpha value is -1.42. The molecule has 1 unspecified atom stereocenters. The predicted octanol–water partition coefficient (Wildman–Crippen LogP) is 2.39. The van der Waals surface area contributed by atoms with Crippen molar-refractivity contribution in [1.29, 1.82) is 0 Å². The molecule has 21 heavy (non-hydrogen) atoms. The summed E-state index contributed by atoms with van der Waals surface area (Å²) in [6.45, 7) is 10.2. The average molecular weight is 289 g/mol. The van der Waals surface area contributed by atoms with E-state index < -0.39 is 0 Å². The van der Waals surface area contributed by atoms with Crippen LogP contribution in [0.3, 0.4) is 0 Å². The van der Waals surface area contributed by atoms with E-state index in [-0.39, 0.29) is 17.4 Å². The lowest BCUT2D eigenvalue weighted by Gasteiger charge is -2.35. The summed E-state index contributed by atoms with van der Waals surface area (Å²) < 4.78 is 0. The van der Waals surface area contributed by atoms with E-state index in [9.17, 15) is 4.79 Å². The van der Waals surface area contributed by atoms with E-state index in [1.807, 2.05) is 20.3 Å². The van der Waals surface area contributed by atoms with Gasteiger partial charge in [-0.2, -0.15) is 0 Å². The molecule has 4 nitrogen and oxygen atoms in total. The predicted molar refractivity (Wildman–Crippen MR) is 85.3 cm³/mol. The fourth-order valence-corrected chi connectivity index (χ4v) is 2.66. The molecule has 0 radical (unpaired) electrons. The minimum Gasteiger partial charge on any atom is -0.348 e. The van der Waals surface area contributed by atoms with Crippen LogP contribution in [0.2, 0.25) is 0 Å². The third-order valence-corrected chi connectivity index (χ3v) is 4.34. The van der Waals surface area contributed by atoms with Gasteiger partial charge in [0.25, 0.3) is 0 Å². The Bertz CT molecular complexity index is 531. The Balaban J connectivity index is 2.25. The van der Waals surface area contributed by atoms with Gasteiger partial charge in [0.1, 0.15) is 0 Å². The number of carbonyl (C=O) groups excluding carboxylic acids is 1. The van der Waals surface area contributed by atoms with Crippen molar-refractivity contribution in [2.75, 3.05) is 27.2 Å². The minimum atomic E-state index is 0.101. The molecule has 0 bridgehead atoms. The lowest BCUT2D eigenvalue weighted by atomic mass is 9.85. The number of aromatic nitrogens is 1. The van der Waals surface area contributed by atoms with E-state index in [1.54, 1.807) is 4.90 Å². The van der Waals surface area contributed by atoms with Gasteiger partial charge < -0.3 is 4.90 Å². The topological polar surface area (TPSA) is 36.4 Å². The molecule has 0 aliphatic carbocycles. The summed E-state index contributed by atoms with van der Waals surface area (Å²) in [6.07, 6.45) is 2.93. The third kappa shape index (κ3) is 3.43. The quantitative estimate of drug-likeness (QED) is 0.839. The molecule has 1 aromatic rings. The second-order valence-electron chi connectivity index (χ2n) is 7.19. The highest BCUT2D eigenvalue weighted by Crippen LogP contribution is 2.31. The number of fused-ring (bicyclic) bond motifs is 1. The van der Waals surface area contributed by atoms with Crippen molar-refractivity contribution in [1.82, 2.24) is 14.8 Å². The van der Waals surface area contributed by atoms with Crippen molar-refractivity contribution in [2.45, 2.75) is 45.6 Å². The molecule has 1 aliphatic rings. The number of pyridine rings is 1. The highest BCUT2D eigenvalue weighted by atomic mass is 16.2. The maximum Gasteiger partial charge on any atom is 0.236 e. The summed E-state index contributed by atoms with van der Waals surface area (Å²) in [5, 5.41) is 0. The second kappa shape index (κ2) is 5.76. The van der Waals surface area contributed by atoms with Crippen molar-refractivity contribution >= 4 is 5.91 Å². The van der Waals surface area contributed by atoms with Gasteiger partial charge in [-0.05, 0) is 23.5 Å². The van der Waals surface area contributed by atoms with Crippen molar-refractivity contribution in [3.63, 3.8) is 0 Å². The van der Waals surface area contributed by atoms with E-state index in [1.165, 1.54) is 16.8 Å². The van der Waals surface area contributed by atoms with Gasteiger partial charge in [0.05, 0.1) is 6.54 Å². The van der Waals surface area contributed by atoms with Crippen molar-refractivity contribution < 1.29 is 4.79 Å². The number of rotatable bonds is 2. The summed E-state index contributed by atoms with van der Waals surface area (Å²) >= 11 is 0. The molecule has 0 saturated heterocycles. The number of hydrogen-bond donors (Lipinski definition) is 0. The molecule has 1 amide bonds. The first-order valence-corrected chi connectivity index (χ1v) is 7.63. The van der Waals surface area contributed by atoms with Crippen LogP contribution in [0.15, 0.2) is 12.3 Å². The normalized spacial score (nSPS) is 19.2. The van der Waals surface area contributed by atoms with Gasteiger partial charge in [-0.3, -0.25) is 14.7 Å². The van der Waals surface area contributed by atoms with Gasteiger partial charge in [0, 0.05) is 45.0 Å². The highest BCUT2D eigenvalue weighted by molar-refractivity contribution is 5.77. The minimum absolute atomic E-state index is 0.101. The van der Waals surface area contributed by atoms with E-state index in [4.69, 9.17) is 0 Å². The van der Waals surface area contributed by atoms with Crippen LogP contribution in [0.4, 0.5) is 0 Å². The summed E-state index contributed by atoms with van der Waals surface area (Å²) in [4.78, 5) is 20.5. The lowest BCUT2D eigenvalue weighted by Crippen LogP contribution is -2.41. The molecular formula is C17H27N3O. The zero-order valence-corrected chi connectivity index (χ0v) is 14.1. The van der Waals surface area contributed by atoms with E-state index in [0.29, 0.717) is 6.54 Å². The monoisotopic (exact) mass is 289 g/mol. The van der Waals surface area contributed by atoms with Gasteiger partial charge in [-0.15, -0.1) is 0 Å². The zero-order chi connectivity index (χ0) is 15.8. The van der Waals surface area contributed by atoms with Gasteiger partial charge in [0.15, 0.2) is 0 Å². The number of carbonyl (C=O) groups is 1. The molecule has 0 fully saturated rings. The van der Waals surface area contributed by atoms with Crippen LogP contribution in [0.25, 0.3) is 0 Å². The number of amides is 1.